The van der Waals surface area contributed by atoms with E-state index in [-0.39, 0.29) is 5.91 Å². The highest BCUT2D eigenvalue weighted by molar-refractivity contribution is 7.13. The fourth-order valence-electron chi connectivity index (χ4n) is 4.77. The molecule has 7 nitrogen and oxygen atoms in total. The maximum atomic E-state index is 12.3. The van der Waals surface area contributed by atoms with Gasteiger partial charge < -0.3 is 19.7 Å². The van der Waals surface area contributed by atoms with Crippen LogP contribution in [-0.2, 0) is 4.79 Å². The van der Waals surface area contributed by atoms with Crippen LogP contribution in [0.1, 0.15) is 12.0 Å². The average Bonchev–Trinajstić information content (AvgIpc) is 3.50. The summed E-state index contributed by atoms with van der Waals surface area (Å²) >= 11 is 1.59. The highest BCUT2D eigenvalue weighted by Crippen LogP contribution is 2.39. The molecule has 2 atom stereocenters. The Morgan fingerprint density at radius 3 is 2.74 bits per heavy atom. The minimum absolute atomic E-state index is 0.0716. The van der Waals surface area contributed by atoms with Gasteiger partial charge in [-0.3, -0.25) is 9.69 Å². The van der Waals surface area contributed by atoms with Crippen molar-refractivity contribution < 1.29 is 14.3 Å². The van der Waals surface area contributed by atoms with Crippen molar-refractivity contribution >= 4 is 39.4 Å². The predicted molar refractivity (Wildman–Crippen MR) is 141 cm³/mol. The van der Waals surface area contributed by atoms with Crippen molar-refractivity contribution in [3.8, 4) is 11.5 Å². The van der Waals surface area contributed by atoms with Crippen LogP contribution in [0.15, 0.2) is 48.5 Å². The number of hydrogen-bond donors (Lipinski definition) is 1. The number of nitrogens with one attached hydrogen (secondary N) is 1. The standard InChI is InChI=1S/C27H32N4O3S/c1-33-22-9-7-19(24(16-22)34-2)8-10-26(32)28-17-20-15-21(20)18-30-11-13-31(14-12-30)27-23-5-3-4-6-25(23)35-29-27/h3-10,16,20-21H,11-15,17-18H2,1-2H3,(H,28,32)/b10-8+. The van der Waals surface area contributed by atoms with Gasteiger partial charge in [-0.1, -0.05) is 12.1 Å². The van der Waals surface area contributed by atoms with E-state index in [1.807, 2.05) is 18.2 Å². The van der Waals surface area contributed by atoms with Gasteiger partial charge in [-0.2, -0.15) is 4.37 Å². The summed E-state index contributed by atoms with van der Waals surface area (Å²) in [5.74, 6) is 3.71. The van der Waals surface area contributed by atoms with E-state index in [1.54, 1.807) is 37.9 Å². The topological polar surface area (TPSA) is 66.9 Å². The summed E-state index contributed by atoms with van der Waals surface area (Å²) in [4.78, 5) is 17.3. The molecule has 0 bridgehead atoms. The SMILES string of the molecule is COc1ccc(/C=C/C(=O)NCC2CC2CN2CCN(c3nsc4ccccc34)CC2)c(OC)c1. The van der Waals surface area contributed by atoms with Crippen LogP contribution in [0.5, 0.6) is 11.5 Å². The third-order valence-electron chi connectivity index (χ3n) is 6.99. The summed E-state index contributed by atoms with van der Waals surface area (Å²) in [6, 6.07) is 14.0. The molecular formula is C27H32N4O3S. The molecular weight excluding hydrogens is 460 g/mol. The van der Waals surface area contributed by atoms with Crippen LogP contribution < -0.4 is 19.7 Å². The second-order valence-corrected chi connectivity index (χ2v) is 10.0. The quantitative estimate of drug-likeness (QED) is 0.457. The number of rotatable bonds is 9. The second-order valence-electron chi connectivity index (χ2n) is 9.23. The molecule has 1 saturated heterocycles. The van der Waals surface area contributed by atoms with Crippen LogP contribution in [0.3, 0.4) is 0 Å². The van der Waals surface area contributed by atoms with Crippen LogP contribution in [0, 0.1) is 11.8 Å². The Morgan fingerprint density at radius 1 is 1.11 bits per heavy atom. The number of carbonyl (C=O) groups is 1. The van der Waals surface area contributed by atoms with E-state index in [0.717, 1.165) is 56.4 Å². The summed E-state index contributed by atoms with van der Waals surface area (Å²) in [7, 11) is 3.23. The minimum Gasteiger partial charge on any atom is -0.497 e. The first-order valence-electron chi connectivity index (χ1n) is 12.1. The van der Waals surface area contributed by atoms with Crippen molar-refractivity contribution in [2.24, 2.45) is 11.8 Å². The Hall–Kier alpha value is -3.10. The summed E-state index contributed by atoms with van der Waals surface area (Å²) in [6.45, 7) is 6.01. The number of amides is 1. The molecule has 8 heteroatoms. The lowest BCUT2D eigenvalue weighted by Crippen LogP contribution is -2.47. The van der Waals surface area contributed by atoms with Crippen molar-refractivity contribution in [3.05, 3.63) is 54.1 Å². The van der Waals surface area contributed by atoms with Crippen molar-refractivity contribution in [1.82, 2.24) is 14.6 Å². The molecule has 1 aliphatic heterocycles. The zero-order chi connectivity index (χ0) is 24.2. The van der Waals surface area contributed by atoms with Gasteiger partial charge in [0.15, 0.2) is 0 Å². The van der Waals surface area contributed by atoms with Gasteiger partial charge in [0.25, 0.3) is 0 Å². The molecule has 1 N–H and O–H groups in total. The average molecular weight is 493 g/mol. The maximum absolute atomic E-state index is 12.3. The molecule has 2 aliphatic rings. The van der Waals surface area contributed by atoms with Crippen LogP contribution in [0.4, 0.5) is 5.82 Å². The Kier molecular flexibility index (Phi) is 7.20. The van der Waals surface area contributed by atoms with Crippen LogP contribution in [0.2, 0.25) is 0 Å². The summed E-state index contributed by atoms with van der Waals surface area (Å²) in [6.07, 6.45) is 4.54. The Balaban J connectivity index is 1.04. The number of piperazine rings is 1. The number of aromatic nitrogens is 1. The number of hydrogen-bond acceptors (Lipinski definition) is 7. The van der Waals surface area contributed by atoms with Gasteiger partial charge in [-0.05, 0) is 60.1 Å². The number of carbonyl (C=O) groups excluding carboxylic acids is 1. The van der Waals surface area contributed by atoms with Crippen LogP contribution >= 0.6 is 11.5 Å². The van der Waals surface area contributed by atoms with E-state index in [1.165, 1.54) is 16.5 Å². The van der Waals surface area contributed by atoms with Crippen molar-refractivity contribution in [2.45, 2.75) is 6.42 Å². The van der Waals surface area contributed by atoms with E-state index in [0.29, 0.717) is 17.6 Å². The minimum atomic E-state index is -0.0716. The number of anilines is 1. The third-order valence-corrected chi connectivity index (χ3v) is 7.80. The molecule has 1 aliphatic carbocycles. The van der Waals surface area contributed by atoms with Gasteiger partial charge in [0.2, 0.25) is 5.91 Å². The van der Waals surface area contributed by atoms with E-state index in [9.17, 15) is 4.79 Å². The Morgan fingerprint density at radius 2 is 1.94 bits per heavy atom. The molecule has 5 rings (SSSR count). The predicted octanol–water partition coefficient (Wildman–Crippen LogP) is 3.90. The molecule has 2 unspecified atom stereocenters. The number of ether oxygens (including phenoxy) is 2. The molecule has 1 amide bonds. The number of nitrogens with zero attached hydrogens (tertiary/aromatic N) is 3. The van der Waals surface area contributed by atoms with E-state index >= 15 is 0 Å². The molecule has 2 fully saturated rings. The molecule has 0 radical (unpaired) electrons. The normalized spacial score (nSPS) is 20.3. The molecule has 1 saturated carbocycles. The van der Waals surface area contributed by atoms with Gasteiger partial charge >= 0.3 is 0 Å². The largest absolute Gasteiger partial charge is 0.497 e. The van der Waals surface area contributed by atoms with E-state index < -0.39 is 0 Å². The van der Waals surface area contributed by atoms with E-state index in [2.05, 4.69) is 39.4 Å². The lowest BCUT2D eigenvalue weighted by atomic mass is 10.1. The molecule has 3 aromatic rings. The molecule has 1 aromatic heterocycles. The molecule has 35 heavy (non-hydrogen) atoms. The second kappa shape index (κ2) is 10.7. The first kappa shape index (κ1) is 23.6. The van der Waals surface area contributed by atoms with Gasteiger partial charge in [0.1, 0.15) is 17.3 Å². The lowest BCUT2D eigenvalue weighted by molar-refractivity contribution is -0.116. The molecule has 0 spiro atoms. The van der Waals surface area contributed by atoms with Gasteiger partial charge in [0.05, 0.1) is 18.9 Å². The summed E-state index contributed by atoms with van der Waals surface area (Å²) in [5, 5.41) is 4.33. The van der Waals surface area contributed by atoms with Gasteiger partial charge in [-0.25, -0.2) is 0 Å². The van der Waals surface area contributed by atoms with Gasteiger partial charge in [-0.15, -0.1) is 0 Å². The lowest BCUT2D eigenvalue weighted by Gasteiger charge is -2.35. The highest BCUT2D eigenvalue weighted by atomic mass is 32.1. The number of benzene rings is 2. The van der Waals surface area contributed by atoms with Crippen molar-refractivity contribution in [2.75, 3.05) is 58.4 Å². The van der Waals surface area contributed by atoms with Crippen molar-refractivity contribution in [1.29, 1.82) is 0 Å². The number of methoxy groups -OCH3 is 2. The summed E-state index contributed by atoms with van der Waals surface area (Å²) < 4.78 is 16.6. The van der Waals surface area contributed by atoms with Crippen LogP contribution in [-0.4, -0.2) is 68.7 Å². The Labute approximate surface area is 210 Å². The fraction of sp³-hybridized carbons (Fsp3) is 0.407. The smallest absolute Gasteiger partial charge is 0.244 e. The van der Waals surface area contributed by atoms with Crippen LogP contribution in [0.25, 0.3) is 16.2 Å². The first-order chi connectivity index (χ1) is 17.1. The summed E-state index contributed by atoms with van der Waals surface area (Å²) in [5.41, 5.74) is 0.845. The zero-order valence-electron chi connectivity index (χ0n) is 20.3. The molecule has 184 valence electrons. The van der Waals surface area contributed by atoms with Gasteiger partial charge in [0, 0.05) is 62.4 Å². The fourth-order valence-corrected chi connectivity index (χ4v) is 5.57. The number of fused-ring (bicyclic) bond motifs is 1. The first-order valence-corrected chi connectivity index (χ1v) is 12.9. The monoisotopic (exact) mass is 492 g/mol. The van der Waals surface area contributed by atoms with Crippen molar-refractivity contribution in [3.63, 3.8) is 0 Å². The Bertz CT molecular complexity index is 1200. The van der Waals surface area contributed by atoms with E-state index in [4.69, 9.17) is 13.8 Å². The maximum Gasteiger partial charge on any atom is 0.244 e. The molecule has 2 aromatic carbocycles. The zero-order valence-corrected chi connectivity index (χ0v) is 21.1. The molecule has 2 heterocycles. The highest BCUT2D eigenvalue weighted by Gasteiger charge is 2.38. The third kappa shape index (κ3) is 5.60.